The fourth-order valence-corrected chi connectivity index (χ4v) is 1.54. The molecule has 72 valence electrons. The van der Waals surface area contributed by atoms with Gasteiger partial charge in [0.25, 0.3) is 0 Å². The lowest BCUT2D eigenvalue weighted by atomic mass is 10.0. The Kier molecular flexibility index (Phi) is 3.07. The summed E-state index contributed by atoms with van der Waals surface area (Å²) in [6.45, 7) is 8.02. The summed E-state index contributed by atoms with van der Waals surface area (Å²) in [6.07, 6.45) is 0.240. The quantitative estimate of drug-likeness (QED) is 0.630. The van der Waals surface area contributed by atoms with Crippen molar-refractivity contribution in [1.29, 1.82) is 0 Å². The van der Waals surface area contributed by atoms with Crippen LogP contribution in [0.15, 0.2) is 0 Å². The Morgan fingerprint density at radius 3 is 2.83 bits per heavy atom. The second-order valence-electron chi connectivity index (χ2n) is 4.07. The van der Waals surface area contributed by atoms with Crippen LogP contribution in [0, 0.1) is 0 Å². The van der Waals surface area contributed by atoms with Crippen molar-refractivity contribution in [3.05, 3.63) is 0 Å². The minimum atomic E-state index is -0.268. The van der Waals surface area contributed by atoms with E-state index in [1.54, 1.807) is 0 Å². The van der Waals surface area contributed by atoms with Gasteiger partial charge in [-0.05, 0) is 20.8 Å². The highest BCUT2D eigenvalue weighted by Gasteiger charge is 2.32. The summed E-state index contributed by atoms with van der Waals surface area (Å²) in [4.78, 5) is 2.15. The maximum atomic E-state index is 12.2. The highest BCUT2D eigenvalue weighted by molar-refractivity contribution is 4.86. The summed E-state index contributed by atoms with van der Waals surface area (Å²) in [6, 6.07) is 0. The van der Waals surface area contributed by atoms with Crippen LogP contribution < -0.4 is 0 Å². The van der Waals surface area contributed by atoms with Crippen molar-refractivity contribution in [3.8, 4) is 0 Å². The molecular weight excluding hydrogens is 157 g/mol. The summed E-state index contributed by atoms with van der Waals surface area (Å²) < 4.78 is 17.7. The van der Waals surface area contributed by atoms with Gasteiger partial charge in [0.15, 0.2) is 0 Å². The second-order valence-corrected chi connectivity index (χ2v) is 4.07. The van der Waals surface area contributed by atoms with Gasteiger partial charge < -0.3 is 4.74 Å². The van der Waals surface area contributed by atoms with Crippen LogP contribution in [0.4, 0.5) is 4.39 Å². The van der Waals surface area contributed by atoms with Crippen molar-refractivity contribution < 1.29 is 9.13 Å². The van der Waals surface area contributed by atoms with Crippen molar-refractivity contribution in [2.75, 3.05) is 26.4 Å². The van der Waals surface area contributed by atoms with Crippen LogP contribution in [0.25, 0.3) is 0 Å². The Hall–Kier alpha value is -0.150. The van der Waals surface area contributed by atoms with E-state index < -0.39 is 0 Å². The molecule has 0 radical (unpaired) electrons. The summed E-state index contributed by atoms with van der Waals surface area (Å²) in [7, 11) is 0. The van der Waals surface area contributed by atoms with Gasteiger partial charge in [0.2, 0.25) is 0 Å². The van der Waals surface area contributed by atoms with Crippen molar-refractivity contribution in [3.63, 3.8) is 0 Å². The Morgan fingerprint density at radius 2 is 2.25 bits per heavy atom. The van der Waals surface area contributed by atoms with Crippen molar-refractivity contribution in [1.82, 2.24) is 4.90 Å². The third-order valence-electron chi connectivity index (χ3n) is 2.41. The summed E-state index contributed by atoms with van der Waals surface area (Å²) in [5, 5.41) is 0. The first-order valence-electron chi connectivity index (χ1n) is 4.49. The van der Waals surface area contributed by atoms with Crippen LogP contribution in [-0.2, 0) is 4.74 Å². The lowest BCUT2D eigenvalue weighted by Crippen LogP contribution is -2.55. The first-order chi connectivity index (χ1) is 5.56. The number of alkyl halides is 1. The molecule has 3 heteroatoms. The SMILES string of the molecule is CC1CN(CCF)C(C)(C)CO1. The summed E-state index contributed by atoms with van der Waals surface area (Å²) >= 11 is 0. The third-order valence-corrected chi connectivity index (χ3v) is 2.41. The molecule has 0 N–H and O–H groups in total. The van der Waals surface area contributed by atoms with E-state index >= 15 is 0 Å². The van der Waals surface area contributed by atoms with E-state index in [-0.39, 0.29) is 18.3 Å². The van der Waals surface area contributed by atoms with Crippen molar-refractivity contribution in [2.24, 2.45) is 0 Å². The first kappa shape index (κ1) is 9.93. The van der Waals surface area contributed by atoms with Gasteiger partial charge in [-0.25, -0.2) is 4.39 Å². The molecule has 1 aliphatic rings. The van der Waals surface area contributed by atoms with Crippen LogP contribution in [0.5, 0.6) is 0 Å². The predicted octanol–water partition coefficient (Wildman–Crippen LogP) is 1.46. The molecule has 1 rings (SSSR count). The van der Waals surface area contributed by atoms with Crippen LogP contribution in [0.1, 0.15) is 20.8 Å². The van der Waals surface area contributed by atoms with E-state index in [2.05, 4.69) is 18.7 Å². The molecule has 0 aliphatic carbocycles. The van der Waals surface area contributed by atoms with Crippen LogP contribution in [-0.4, -0.2) is 42.9 Å². The second kappa shape index (κ2) is 3.71. The highest BCUT2D eigenvalue weighted by Crippen LogP contribution is 2.21. The lowest BCUT2D eigenvalue weighted by Gasteiger charge is -2.44. The Balaban J connectivity index is 2.52. The molecule has 1 heterocycles. The average molecular weight is 175 g/mol. The normalized spacial score (nSPS) is 30.5. The average Bonchev–Trinajstić information content (AvgIpc) is 1.98. The fraction of sp³-hybridized carbons (Fsp3) is 1.00. The predicted molar refractivity (Wildman–Crippen MR) is 47.0 cm³/mol. The summed E-state index contributed by atoms with van der Waals surface area (Å²) in [5.41, 5.74) is -0.00139. The maximum Gasteiger partial charge on any atom is 0.102 e. The molecule has 0 spiro atoms. The molecule has 0 aromatic rings. The molecular formula is C9H18FNO. The van der Waals surface area contributed by atoms with Gasteiger partial charge in [-0.3, -0.25) is 4.90 Å². The number of halogens is 1. The molecule has 0 aromatic heterocycles. The molecule has 0 aromatic carbocycles. The van der Waals surface area contributed by atoms with Gasteiger partial charge in [0.05, 0.1) is 12.7 Å². The number of ether oxygens (including phenoxy) is 1. The Morgan fingerprint density at radius 1 is 1.58 bits per heavy atom. The summed E-state index contributed by atoms with van der Waals surface area (Å²) in [5.74, 6) is 0. The molecule has 1 atom stereocenters. The first-order valence-corrected chi connectivity index (χ1v) is 4.49. The van der Waals surface area contributed by atoms with E-state index in [1.165, 1.54) is 0 Å². The van der Waals surface area contributed by atoms with Gasteiger partial charge in [0, 0.05) is 18.6 Å². The van der Waals surface area contributed by atoms with Gasteiger partial charge in [0.1, 0.15) is 6.67 Å². The zero-order valence-electron chi connectivity index (χ0n) is 8.14. The Bertz CT molecular complexity index is 149. The number of hydrogen-bond acceptors (Lipinski definition) is 2. The van der Waals surface area contributed by atoms with E-state index in [9.17, 15) is 4.39 Å². The zero-order chi connectivity index (χ0) is 9.19. The number of morpholine rings is 1. The molecule has 0 saturated carbocycles. The maximum absolute atomic E-state index is 12.2. The molecule has 1 aliphatic heterocycles. The number of nitrogens with zero attached hydrogens (tertiary/aromatic N) is 1. The van der Waals surface area contributed by atoms with Gasteiger partial charge >= 0.3 is 0 Å². The molecule has 1 saturated heterocycles. The van der Waals surface area contributed by atoms with E-state index in [4.69, 9.17) is 4.74 Å². The minimum Gasteiger partial charge on any atom is -0.375 e. The molecule has 0 amide bonds. The topological polar surface area (TPSA) is 12.5 Å². The van der Waals surface area contributed by atoms with E-state index in [0.29, 0.717) is 13.2 Å². The van der Waals surface area contributed by atoms with Crippen LogP contribution in [0.2, 0.25) is 0 Å². The van der Waals surface area contributed by atoms with Gasteiger partial charge in [-0.15, -0.1) is 0 Å². The van der Waals surface area contributed by atoms with E-state index in [1.807, 2.05) is 6.92 Å². The molecule has 2 nitrogen and oxygen atoms in total. The molecule has 1 fully saturated rings. The number of rotatable bonds is 2. The zero-order valence-corrected chi connectivity index (χ0v) is 8.14. The van der Waals surface area contributed by atoms with E-state index in [0.717, 1.165) is 6.54 Å². The van der Waals surface area contributed by atoms with Gasteiger partial charge in [-0.1, -0.05) is 0 Å². The van der Waals surface area contributed by atoms with Crippen molar-refractivity contribution in [2.45, 2.75) is 32.4 Å². The third kappa shape index (κ3) is 2.17. The lowest BCUT2D eigenvalue weighted by molar-refractivity contribution is -0.0922. The van der Waals surface area contributed by atoms with Crippen molar-refractivity contribution >= 4 is 0 Å². The molecule has 1 unspecified atom stereocenters. The van der Waals surface area contributed by atoms with Gasteiger partial charge in [-0.2, -0.15) is 0 Å². The molecule has 12 heavy (non-hydrogen) atoms. The monoisotopic (exact) mass is 175 g/mol. The smallest absolute Gasteiger partial charge is 0.102 e. The fourth-order valence-electron chi connectivity index (χ4n) is 1.54. The number of hydrogen-bond donors (Lipinski definition) is 0. The largest absolute Gasteiger partial charge is 0.375 e. The highest BCUT2D eigenvalue weighted by atomic mass is 19.1. The Labute approximate surface area is 73.7 Å². The van der Waals surface area contributed by atoms with Crippen LogP contribution >= 0.6 is 0 Å². The minimum absolute atomic E-state index is 0.00139. The standard InChI is InChI=1S/C9H18FNO/c1-8-6-11(5-4-10)9(2,3)7-12-8/h8H,4-7H2,1-3H3. The van der Waals surface area contributed by atoms with Crippen LogP contribution in [0.3, 0.4) is 0 Å². The molecule has 0 bridgehead atoms.